The number of hydrogen-bond donors (Lipinski definition) is 2. The summed E-state index contributed by atoms with van der Waals surface area (Å²) in [7, 11) is 0. The molecule has 0 bridgehead atoms. The highest BCUT2D eigenvalue weighted by Crippen LogP contribution is 2.19. The molecule has 1 rings (SSSR count). The second-order valence-electron chi connectivity index (χ2n) is 4.06. The molecule has 1 atom stereocenters. The fourth-order valence-corrected chi connectivity index (χ4v) is 1.26. The van der Waals surface area contributed by atoms with E-state index in [1.165, 1.54) is 19.1 Å². The first-order valence-corrected chi connectivity index (χ1v) is 5.60. The van der Waals surface area contributed by atoms with Gasteiger partial charge in [-0.15, -0.1) is 0 Å². The third-order valence-electron chi connectivity index (χ3n) is 2.18. The number of nitrogens with two attached hydrogens (primary N) is 1. The van der Waals surface area contributed by atoms with Crippen LogP contribution in [-0.4, -0.2) is 24.7 Å². The topological polar surface area (TPSA) is 64.4 Å². The van der Waals surface area contributed by atoms with Crippen LogP contribution in [0.3, 0.4) is 0 Å². The van der Waals surface area contributed by atoms with Crippen LogP contribution in [0.15, 0.2) is 24.3 Å². The highest BCUT2D eigenvalue weighted by Gasteiger charge is 2.28. The number of hydrogen-bond acceptors (Lipinski definition) is 3. The van der Waals surface area contributed by atoms with Gasteiger partial charge in [0.15, 0.2) is 6.61 Å². The number of alkyl halides is 3. The molecule has 0 fully saturated rings. The zero-order valence-electron chi connectivity index (χ0n) is 10.3. The Morgan fingerprint density at radius 3 is 2.74 bits per heavy atom. The van der Waals surface area contributed by atoms with E-state index in [1.54, 1.807) is 12.1 Å². The maximum Gasteiger partial charge on any atom is 0.422 e. The molecule has 0 aliphatic heterocycles. The summed E-state index contributed by atoms with van der Waals surface area (Å²) in [6, 6.07) is 5.45. The van der Waals surface area contributed by atoms with Crippen LogP contribution < -0.4 is 15.8 Å². The van der Waals surface area contributed by atoms with E-state index < -0.39 is 18.8 Å². The lowest BCUT2D eigenvalue weighted by Gasteiger charge is -2.11. The van der Waals surface area contributed by atoms with Crippen LogP contribution >= 0.6 is 0 Å². The summed E-state index contributed by atoms with van der Waals surface area (Å²) in [4.78, 5) is 11.2. The molecule has 106 valence electrons. The van der Waals surface area contributed by atoms with Gasteiger partial charge < -0.3 is 15.8 Å². The molecule has 0 radical (unpaired) electrons. The zero-order chi connectivity index (χ0) is 14.5. The monoisotopic (exact) mass is 276 g/mol. The molecular formula is C12H15F3N2O2. The molecule has 1 aromatic carbocycles. The van der Waals surface area contributed by atoms with Crippen molar-refractivity contribution in [3.63, 3.8) is 0 Å². The Morgan fingerprint density at radius 2 is 2.16 bits per heavy atom. The highest BCUT2D eigenvalue weighted by atomic mass is 19.4. The fourth-order valence-electron chi connectivity index (χ4n) is 1.26. The zero-order valence-corrected chi connectivity index (χ0v) is 10.3. The normalized spacial score (nSPS) is 12.9. The lowest BCUT2D eigenvalue weighted by atomic mass is 10.2. The Balaban J connectivity index is 2.55. The van der Waals surface area contributed by atoms with Gasteiger partial charge in [0, 0.05) is 6.54 Å². The fraction of sp³-hybridized carbons (Fsp3) is 0.417. The van der Waals surface area contributed by atoms with Crippen molar-refractivity contribution in [2.24, 2.45) is 5.73 Å². The Kier molecular flexibility index (Phi) is 5.17. The lowest BCUT2D eigenvalue weighted by Crippen LogP contribution is -2.37. The van der Waals surface area contributed by atoms with Crippen LogP contribution in [0.2, 0.25) is 0 Å². The SMILES string of the molecule is C[C@@H](N)C(=O)NCc1cccc(OCC(F)(F)F)c1. The van der Waals surface area contributed by atoms with E-state index in [1.807, 2.05) is 0 Å². The van der Waals surface area contributed by atoms with Gasteiger partial charge in [0.25, 0.3) is 0 Å². The maximum absolute atomic E-state index is 12.0. The predicted octanol–water partition coefficient (Wildman–Crippen LogP) is 1.59. The summed E-state index contributed by atoms with van der Waals surface area (Å²) in [5.74, 6) is -0.230. The van der Waals surface area contributed by atoms with Crippen molar-refractivity contribution < 1.29 is 22.7 Å². The molecule has 7 heteroatoms. The number of rotatable bonds is 5. The molecule has 0 heterocycles. The van der Waals surface area contributed by atoms with E-state index in [2.05, 4.69) is 10.1 Å². The molecule has 0 saturated carbocycles. The summed E-state index contributed by atoms with van der Waals surface area (Å²) in [5, 5.41) is 2.56. The van der Waals surface area contributed by atoms with Crippen LogP contribution in [0.4, 0.5) is 13.2 Å². The van der Waals surface area contributed by atoms with Gasteiger partial charge in [0.05, 0.1) is 6.04 Å². The van der Waals surface area contributed by atoms with Crippen molar-refractivity contribution in [3.05, 3.63) is 29.8 Å². The molecule has 0 aliphatic rings. The summed E-state index contributed by atoms with van der Waals surface area (Å²) in [6.07, 6.45) is -4.38. The first-order chi connectivity index (χ1) is 8.78. The van der Waals surface area contributed by atoms with E-state index in [0.717, 1.165) is 0 Å². The largest absolute Gasteiger partial charge is 0.484 e. The molecule has 1 aromatic rings. The number of benzene rings is 1. The van der Waals surface area contributed by atoms with Gasteiger partial charge >= 0.3 is 6.18 Å². The van der Waals surface area contributed by atoms with Crippen LogP contribution in [0, 0.1) is 0 Å². The van der Waals surface area contributed by atoms with Crippen molar-refractivity contribution in [1.82, 2.24) is 5.32 Å². The summed E-state index contributed by atoms with van der Waals surface area (Å²) >= 11 is 0. The molecule has 0 aromatic heterocycles. The Morgan fingerprint density at radius 1 is 1.47 bits per heavy atom. The van der Waals surface area contributed by atoms with E-state index >= 15 is 0 Å². The first-order valence-electron chi connectivity index (χ1n) is 5.60. The summed E-state index contributed by atoms with van der Waals surface area (Å²) in [6.45, 7) is 0.379. The smallest absolute Gasteiger partial charge is 0.422 e. The van der Waals surface area contributed by atoms with Crippen molar-refractivity contribution in [2.45, 2.75) is 25.7 Å². The average Bonchev–Trinajstić information content (AvgIpc) is 2.33. The van der Waals surface area contributed by atoms with Crippen molar-refractivity contribution in [1.29, 1.82) is 0 Å². The first kappa shape index (κ1) is 15.3. The van der Waals surface area contributed by atoms with Crippen molar-refractivity contribution >= 4 is 5.91 Å². The Labute approximate surface area is 108 Å². The van der Waals surface area contributed by atoms with E-state index in [0.29, 0.717) is 5.56 Å². The Hall–Kier alpha value is -1.76. The quantitative estimate of drug-likeness (QED) is 0.858. The second-order valence-corrected chi connectivity index (χ2v) is 4.06. The minimum absolute atomic E-state index is 0.102. The van der Waals surface area contributed by atoms with Gasteiger partial charge in [0.1, 0.15) is 5.75 Å². The second kappa shape index (κ2) is 6.42. The number of nitrogens with one attached hydrogen (secondary N) is 1. The van der Waals surface area contributed by atoms with Gasteiger partial charge in [-0.05, 0) is 24.6 Å². The molecule has 1 amide bonds. The summed E-state index contributed by atoms with van der Waals surface area (Å²) in [5.41, 5.74) is 6.00. The minimum Gasteiger partial charge on any atom is -0.484 e. The third-order valence-corrected chi connectivity index (χ3v) is 2.18. The number of ether oxygens (including phenoxy) is 1. The highest BCUT2D eigenvalue weighted by molar-refractivity contribution is 5.80. The average molecular weight is 276 g/mol. The van der Waals surface area contributed by atoms with Crippen LogP contribution in [0.25, 0.3) is 0 Å². The molecular weight excluding hydrogens is 261 g/mol. The minimum atomic E-state index is -4.38. The van der Waals surface area contributed by atoms with Gasteiger partial charge in [-0.1, -0.05) is 12.1 Å². The Bertz CT molecular complexity index is 433. The van der Waals surface area contributed by atoms with Gasteiger partial charge in [-0.2, -0.15) is 13.2 Å². The lowest BCUT2D eigenvalue weighted by molar-refractivity contribution is -0.153. The number of carbonyl (C=O) groups is 1. The van der Waals surface area contributed by atoms with Gasteiger partial charge in [-0.25, -0.2) is 0 Å². The van der Waals surface area contributed by atoms with Crippen LogP contribution in [0.5, 0.6) is 5.75 Å². The molecule has 0 aliphatic carbocycles. The van der Waals surface area contributed by atoms with Crippen molar-refractivity contribution in [2.75, 3.05) is 6.61 Å². The molecule has 19 heavy (non-hydrogen) atoms. The molecule has 0 spiro atoms. The predicted molar refractivity (Wildman–Crippen MR) is 63.5 cm³/mol. The maximum atomic E-state index is 12.0. The summed E-state index contributed by atoms with van der Waals surface area (Å²) < 4.78 is 40.6. The standard InChI is InChI=1S/C12H15F3N2O2/c1-8(16)11(18)17-6-9-3-2-4-10(5-9)19-7-12(13,14)15/h2-5,8H,6-7,16H2,1H3,(H,17,18)/t8-/m1/s1. The van der Waals surface area contributed by atoms with Crippen LogP contribution in [-0.2, 0) is 11.3 Å². The molecule has 0 unspecified atom stereocenters. The third kappa shape index (κ3) is 6.10. The number of carbonyl (C=O) groups excluding carboxylic acids is 1. The van der Waals surface area contributed by atoms with Crippen molar-refractivity contribution in [3.8, 4) is 5.75 Å². The van der Waals surface area contributed by atoms with Gasteiger partial charge in [0.2, 0.25) is 5.91 Å². The number of amides is 1. The van der Waals surface area contributed by atoms with Crippen LogP contribution in [0.1, 0.15) is 12.5 Å². The van der Waals surface area contributed by atoms with Gasteiger partial charge in [-0.3, -0.25) is 4.79 Å². The van der Waals surface area contributed by atoms with E-state index in [4.69, 9.17) is 5.73 Å². The molecule has 4 nitrogen and oxygen atoms in total. The van der Waals surface area contributed by atoms with E-state index in [9.17, 15) is 18.0 Å². The molecule has 3 N–H and O–H groups in total. The number of halogens is 3. The molecule has 0 saturated heterocycles. The van der Waals surface area contributed by atoms with E-state index in [-0.39, 0.29) is 18.2 Å².